The van der Waals surface area contributed by atoms with Crippen molar-refractivity contribution in [3.63, 3.8) is 0 Å². The van der Waals surface area contributed by atoms with Crippen LogP contribution in [0.1, 0.15) is 18.5 Å². The lowest BCUT2D eigenvalue weighted by Crippen LogP contribution is -2.50. The fourth-order valence-electron chi connectivity index (χ4n) is 3.50. The lowest BCUT2D eigenvalue weighted by Gasteiger charge is -2.39. The van der Waals surface area contributed by atoms with E-state index in [0.717, 1.165) is 26.3 Å². The van der Waals surface area contributed by atoms with Gasteiger partial charge in [-0.05, 0) is 25.0 Å². The zero-order chi connectivity index (χ0) is 13.8. The highest BCUT2D eigenvalue weighted by molar-refractivity contribution is 5.05. The molecule has 110 valence electrons. The third-order valence-electron chi connectivity index (χ3n) is 4.44. The zero-order valence-corrected chi connectivity index (χ0v) is 12.0. The van der Waals surface area contributed by atoms with Gasteiger partial charge in [0.2, 0.25) is 0 Å². The fourth-order valence-corrected chi connectivity index (χ4v) is 3.50. The normalized spacial score (nSPS) is 30.3. The van der Waals surface area contributed by atoms with Crippen molar-refractivity contribution in [2.24, 2.45) is 5.92 Å². The molecule has 1 aromatic heterocycles. The number of aromatic amines is 1. The average Bonchev–Trinajstić information content (AvgIpc) is 3.10. The fraction of sp³-hybridized carbons (Fsp3) is 0.625. The van der Waals surface area contributed by atoms with Gasteiger partial charge in [0.25, 0.3) is 0 Å². The Morgan fingerprint density at radius 1 is 1.50 bits per heavy atom. The number of ether oxygens (including phenoxy) is 2. The van der Waals surface area contributed by atoms with E-state index < -0.39 is 0 Å². The quantitative estimate of drug-likeness (QED) is 0.639. The number of aromatic nitrogens is 1. The van der Waals surface area contributed by atoms with E-state index in [1.54, 1.807) is 0 Å². The highest BCUT2D eigenvalue weighted by Crippen LogP contribution is 2.35. The number of hydrogen-bond donors (Lipinski definition) is 1. The number of rotatable bonds is 6. The first kappa shape index (κ1) is 13.9. The molecule has 1 aromatic rings. The van der Waals surface area contributed by atoms with Crippen LogP contribution in [-0.4, -0.2) is 48.4 Å². The largest absolute Gasteiger partial charge is 0.377 e. The van der Waals surface area contributed by atoms with Crippen LogP contribution in [0, 0.1) is 5.92 Å². The molecular weight excluding hydrogens is 252 g/mol. The smallest absolute Gasteiger partial charge is 0.0781 e. The minimum absolute atomic E-state index is 0.337. The van der Waals surface area contributed by atoms with Crippen molar-refractivity contribution < 1.29 is 9.47 Å². The summed E-state index contributed by atoms with van der Waals surface area (Å²) < 4.78 is 11.7. The molecule has 1 saturated heterocycles. The second-order valence-electron chi connectivity index (χ2n) is 5.73. The maximum atomic E-state index is 6.04. The second kappa shape index (κ2) is 6.57. The third kappa shape index (κ3) is 2.97. The molecular formula is C16H24N2O2. The van der Waals surface area contributed by atoms with Crippen molar-refractivity contribution in [3.8, 4) is 0 Å². The Balaban J connectivity index is 1.58. The number of H-pyrrole nitrogens is 1. The second-order valence-corrected chi connectivity index (χ2v) is 5.73. The first-order chi connectivity index (χ1) is 9.88. The van der Waals surface area contributed by atoms with Crippen LogP contribution < -0.4 is 0 Å². The molecule has 4 nitrogen and oxygen atoms in total. The molecule has 3 rings (SSSR count). The Labute approximate surface area is 120 Å². The summed E-state index contributed by atoms with van der Waals surface area (Å²) in [6, 6.07) is 4.77. The Bertz CT molecular complexity index is 418. The minimum Gasteiger partial charge on any atom is -0.377 e. The van der Waals surface area contributed by atoms with Crippen LogP contribution in [-0.2, 0) is 16.0 Å². The molecule has 1 unspecified atom stereocenters. The van der Waals surface area contributed by atoms with Crippen molar-refractivity contribution in [1.82, 2.24) is 9.88 Å². The van der Waals surface area contributed by atoms with Crippen LogP contribution in [0.2, 0.25) is 0 Å². The van der Waals surface area contributed by atoms with Crippen molar-refractivity contribution in [1.29, 1.82) is 0 Å². The van der Waals surface area contributed by atoms with E-state index in [-0.39, 0.29) is 0 Å². The van der Waals surface area contributed by atoms with Gasteiger partial charge in [-0.3, -0.25) is 4.90 Å². The van der Waals surface area contributed by atoms with Gasteiger partial charge in [-0.15, -0.1) is 6.58 Å². The summed E-state index contributed by atoms with van der Waals surface area (Å²) >= 11 is 0. The van der Waals surface area contributed by atoms with E-state index >= 15 is 0 Å². The maximum Gasteiger partial charge on any atom is 0.0781 e. The molecule has 1 N–H and O–H groups in total. The Kier molecular flexibility index (Phi) is 4.55. The Hall–Kier alpha value is -1.10. The number of hydrogen-bond acceptors (Lipinski definition) is 3. The average molecular weight is 276 g/mol. The zero-order valence-electron chi connectivity index (χ0n) is 12.0. The summed E-state index contributed by atoms with van der Waals surface area (Å²) in [6.45, 7) is 7.99. The van der Waals surface area contributed by atoms with E-state index in [0.29, 0.717) is 24.7 Å². The molecule has 2 fully saturated rings. The van der Waals surface area contributed by atoms with E-state index in [1.807, 2.05) is 12.3 Å². The van der Waals surface area contributed by atoms with Crippen molar-refractivity contribution in [2.45, 2.75) is 31.5 Å². The van der Waals surface area contributed by atoms with E-state index in [9.17, 15) is 0 Å². The van der Waals surface area contributed by atoms with Crippen molar-refractivity contribution in [2.75, 3.05) is 26.4 Å². The highest BCUT2D eigenvalue weighted by Gasteiger charge is 2.42. The van der Waals surface area contributed by atoms with Crippen LogP contribution in [0.5, 0.6) is 0 Å². The molecule has 1 aliphatic carbocycles. The van der Waals surface area contributed by atoms with Gasteiger partial charge in [0.1, 0.15) is 0 Å². The molecule has 0 radical (unpaired) electrons. The standard InChI is InChI=1S/C16H24N2O2/c1-2-9-19-12-13-5-6-15-16(13)20-10-8-18(15)11-14-4-3-7-17-14/h2-4,7,13,15-17H,1,5-6,8-12H2/t13?,15-,16-/m1/s1. The molecule has 3 atom stereocenters. The molecule has 4 heteroatoms. The van der Waals surface area contributed by atoms with Gasteiger partial charge in [-0.25, -0.2) is 0 Å². The molecule has 0 bridgehead atoms. The topological polar surface area (TPSA) is 37.5 Å². The monoisotopic (exact) mass is 276 g/mol. The molecule has 0 amide bonds. The molecule has 1 saturated carbocycles. The van der Waals surface area contributed by atoms with Gasteiger partial charge in [0, 0.05) is 36.9 Å². The maximum absolute atomic E-state index is 6.04. The lowest BCUT2D eigenvalue weighted by atomic mass is 10.0. The van der Waals surface area contributed by atoms with Crippen molar-refractivity contribution in [3.05, 3.63) is 36.7 Å². The molecule has 2 heterocycles. The summed E-state index contributed by atoms with van der Waals surface area (Å²) in [7, 11) is 0. The van der Waals surface area contributed by atoms with Gasteiger partial charge >= 0.3 is 0 Å². The summed E-state index contributed by atoms with van der Waals surface area (Å²) in [5.41, 5.74) is 1.29. The first-order valence-corrected chi connectivity index (χ1v) is 7.55. The number of nitrogens with one attached hydrogen (secondary N) is 1. The predicted octanol–water partition coefficient (Wildman–Crippen LogP) is 2.20. The summed E-state index contributed by atoms with van der Waals surface area (Å²) in [4.78, 5) is 5.86. The van der Waals surface area contributed by atoms with Gasteiger partial charge in [0.05, 0.1) is 25.9 Å². The third-order valence-corrected chi connectivity index (χ3v) is 4.44. The van der Waals surface area contributed by atoms with Crippen LogP contribution >= 0.6 is 0 Å². The van der Waals surface area contributed by atoms with E-state index in [2.05, 4.69) is 28.6 Å². The Morgan fingerprint density at radius 3 is 3.25 bits per heavy atom. The van der Waals surface area contributed by atoms with Gasteiger partial charge < -0.3 is 14.5 Å². The molecule has 2 aliphatic rings. The van der Waals surface area contributed by atoms with E-state index in [1.165, 1.54) is 18.5 Å². The first-order valence-electron chi connectivity index (χ1n) is 7.55. The van der Waals surface area contributed by atoms with Crippen LogP contribution in [0.15, 0.2) is 31.0 Å². The molecule has 1 aliphatic heterocycles. The minimum atomic E-state index is 0.337. The number of morpholine rings is 1. The number of fused-ring (bicyclic) bond motifs is 1. The SMILES string of the molecule is C=CCOCC1CC[C@@H]2[C@@H]1OCCN2Cc1ccc[nH]1. The van der Waals surface area contributed by atoms with E-state index in [4.69, 9.17) is 9.47 Å². The van der Waals surface area contributed by atoms with Crippen molar-refractivity contribution >= 4 is 0 Å². The Morgan fingerprint density at radius 2 is 2.45 bits per heavy atom. The van der Waals surface area contributed by atoms with Crippen LogP contribution in [0.3, 0.4) is 0 Å². The van der Waals surface area contributed by atoms with Crippen LogP contribution in [0.4, 0.5) is 0 Å². The van der Waals surface area contributed by atoms with Gasteiger partial charge in [-0.1, -0.05) is 6.08 Å². The number of nitrogens with zero attached hydrogens (tertiary/aromatic N) is 1. The summed E-state index contributed by atoms with van der Waals surface area (Å²) in [5.74, 6) is 0.534. The molecule has 0 spiro atoms. The summed E-state index contributed by atoms with van der Waals surface area (Å²) in [6.07, 6.45) is 6.56. The molecule has 20 heavy (non-hydrogen) atoms. The lowest BCUT2D eigenvalue weighted by molar-refractivity contribution is -0.0871. The summed E-state index contributed by atoms with van der Waals surface area (Å²) in [5, 5.41) is 0. The molecule has 0 aromatic carbocycles. The van der Waals surface area contributed by atoms with Gasteiger partial charge in [-0.2, -0.15) is 0 Å². The predicted molar refractivity (Wildman–Crippen MR) is 78.5 cm³/mol. The highest BCUT2D eigenvalue weighted by atomic mass is 16.5. The van der Waals surface area contributed by atoms with Gasteiger partial charge in [0.15, 0.2) is 0 Å². The van der Waals surface area contributed by atoms with Crippen LogP contribution in [0.25, 0.3) is 0 Å².